The number of carbonyl (C=O) groups excluding carboxylic acids is 4. The van der Waals surface area contributed by atoms with Gasteiger partial charge in [-0.15, -0.1) is 0 Å². The third-order valence-electron chi connectivity index (χ3n) is 13.4. The van der Waals surface area contributed by atoms with Crippen molar-refractivity contribution in [1.29, 1.82) is 0 Å². The zero-order valence-electron chi connectivity index (χ0n) is 44.5. The second-order valence-corrected chi connectivity index (χ2v) is 19.3. The summed E-state index contributed by atoms with van der Waals surface area (Å²) < 4.78 is 36.8. The Balaban J connectivity index is 0.000000196. The Labute approximate surface area is 467 Å². The number of furan rings is 2. The fourth-order valence-electron chi connectivity index (χ4n) is 8.72. The van der Waals surface area contributed by atoms with Crippen LogP contribution in [0.2, 0.25) is 0 Å². The van der Waals surface area contributed by atoms with Crippen LogP contribution in [-0.2, 0) is 12.8 Å². The van der Waals surface area contributed by atoms with E-state index in [1.807, 2.05) is 85.8 Å². The van der Waals surface area contributed by atoms with Crippen molar-refractivity contribution in [3.8, 4) is 23.0 Å². The molecule has 0 bridgehead atoms. The van der Waals surface area contributed by atoms with Crippen LogP contribution in [0.3, 0.4) is 0 Å². The van der Waals surface area contributed by atoms with Crippen LogP contribution in [0.15, 0.2) is 209 Å². The monoisotopic (exact) mass is 1090 g/mol. The van der Waals surface area contributed by atoms with Crippen molar-refractivity contribution < 1.29 is 52.1 Å². The molecule has 0 radical (unpaired) electrons. The molecular weight excluding hydrogens is 1030 g/mol. The van der Waals surface area contributed by atoms with Gasteiger partial charge in [0.2, 0.25) is 0 Å². The molecular formula is C66H59FN4O10. The van der Waals surface area contributed by atoms with E-state index in [1.165, 1.54) is 12.1 Å². The molecule has 0 saturated carbocycles. The second-order valence-electron chi connectivity index (χ2n) is 19.3. The lowest BCUT2D eigenvalue weighted by molar-refractivity contribution is 0.0943. The van der Waals surface area contributed by atoms with Crippen molar-refractivity contribution in [2.24, 2.45) is 0 Å². The molecule has 0 spiro atoms. The van der Waals surface area contributed by atoms with E-state index in [9.17, 15) is 33.8 Å². The normalized spacial score (nSPS) is 11.6. The molecule has 2 aromatic heterocycles. The fourth-order valence-corrected chi connectivity index (χ4v) is 8.72. The minimum Gasteiger partial charge on any atom is -0.508 e. The summed E-state index contributed by atoms with van der Waals surface area (Å²) in [6.45, 7) is 5.40. The van der Waals surface area contributed by atoms with Crippen LogP contribution < -0.4 is 30.7 Å². The van der Waals surface area contributed by atoms with Crippen LogP contribution >= 0.6 is 0 Å². The molecule has 8 aromatic carbocycles. The predicted molar refractivity (Wildman–Crippen MR) is 310 cm³/mol. The highest BCUT2D eigenvalue weighted by Crippen LogP contribution is 2.31. The van der Waals surface area contributed by atoms with Gasteiger partial charge in [-0.25, -0.2) is 4.39 Å². The second kappa shape index (κ2) is 26.5. The maximum absolute atomic E-state index is 13.3. The number of para-hydroxylation sites is 2. The molecule has 0 saturated heterocycles. The van der Waals surface area contributed by atoms with E-state index < -0.39 is 11.8 Å². The molecule has 10 aromatic rings. The van der Waals surface area contributed by atoms with E-state index in [1.54, 1.807) is 109 Å². The van der Waals surface area contributed by atoms with Crippen molar-refractivity contribution in [2.75, 3.05) is 36.9 Å². The molecule has 6 N–H and O–H groups in total. The standard InChI is InChI=1S/C33H29FN2O5.C33H30N2O5/c1-21(23-8-11-26(34)12-9-23)20-35-32(38)25-10-15-28(30(19-25)40-17-16-22-6-13-27(37)14-7-22)36-33(39)31-18-24-4-2-3-5-29(24)41-31;1-22(24-7-3-2-4-8-24)21-34-32(37)26-13-16-28(30(20-26)39-18-17-23-11-14-27(36)15-12-23)35-33(38)31-19-25-9-5-6-10-29(25)40-31/h2-15,18-19,21,37H,16-17,20H2,1H3,(H,35,38)(H,36,39);2-16,19-20,22,36H,17-18,21H2,1H3,(H,34,37)(H,35,38). The van der Waals surface area contributed by atoms with Gasteiger partial charge in [-0.3, -0.25) is 19.2 Å². The molecule has 4 amide bonds. The summed E-state index contributed by atoms with van der Waals surface area (Å²) in [5.41, 5.74) is 6.80. The smallest absolute Gasteiger partial charge is 0.291 e. The van der Waals surface area contributed by atoms with Gasteiger partial charge in [0.1, 0.15) is 40.0 Å². The summed E-state index contributed by atoms with van der Waals surface area (Å²) >= 11 is 0. The number of anilines is 2. The number of amides is 4. The first-order valence-electron chi connectivity index (χ1n) is 26.4. The number of hydrogen-bond donors (Lipinski definition) is 6. The Kier molecular flexibility index (Phi) is 18.2. The first-order chi connectivity index (χ1) is 39.3. The summed E-state index contributed by atoms with van der Waals surface area (Å²) in [6.07, 6.45) is 1.12. The summed E-state index contributed by atoms with van der Waals surface area (Å²) in [7, 11) is 0. The Morgan fingerprint density at radius 1 is 0.469 bits per heavy atom. The minimum atomic E-state index is -0.449. The van der Waals surface area contributed by atoms with Crippen molar-refractivity contribution in [2.45, 2.75) is 38.5 Å². The molecule has 15 heteroatoms. The lowest BCUT2D eigenvalue weighted by Crippen LogP contribution is -2.27. The number of fused-ring (bicyclic) bond motifs is 2. The van der Waals surface area contributed by atoms with Gasteiger partial charge >= 0.3 is 0 Å². The van der Waals surface area contributed by atoms with Gasteiger partial charge in [0.25, 0.3) is 23.6 Å². The van der Waals surface area contributed by atoms with Crippen LogP contribution in [0.4, 0.5) is 15.8 Å². The Morgan fingerprint density at radius 3 is 1.31 bits per heavy atom. The van der Waals surface area contributed by atoms with Crippen LogP contribution in [0.25, 0.3) is 21.9 Å². The lowest BCUT2D eigenvalue weighted by Gasteiger charge is -2.16. The highest BCUT2D eigenvalue weighted by Gasteiger charge is 2.20. The van der Waals surface area contributed by atoms with Gasteiger partial charge in [-0.05, 0) is 131 Å². The van der Waals surface area contributed by atoms with Gasteiger partial charge in [0, 0.05) is 47.8 Å². The first kappa shape index (κ1) is 55.6. The summed E-state index contributed by atoms with van der Waals surface area (Å²) in [5.74, 6) is -0.210. The maximum atomic E-state index is 13.3. The quantitative estimate of drug-likeness (QED) is 0.0426. The molecule has 2 atom stereocenters. The molecule has 10 rings (SSSR count). The summed E-state index contributed by atoms with van der Waals surface area (Å²) in [4.78, 5) is 52.1. The van der Waals surface area contributed by atoms with Crippen LogP contribution in [-0.4, -0.2) is 60.1 Å². The number of ether oxygens (including phenoxy) is 2. The Hall–Kier alpha value is -10.2. The van der Waals surface area contributed by atoms with E-state index in [4.69, 9.17) is 18.3 Å². The molecule has 2 unspecified atom stereocenters. The van der Waals surface area contributed by atoms with E-state index in [0.717, 1.165) is 33.0 Å². The zero-order valence-corrected chi connectivity index (χ0v) is 44.5. The Morgan fingerprint density at radius 2 is 0.877 bits per heavy atom. The largest absolute Gasteiger partial charge is 0.508 e. The SMILES string of the molecule is CC(CNC(=O)c1ccc(NC(=O)c2cc3ccccc3o2)c(OCCc2ccc(O)cc2)c1)c1ccc(F)cc1.CC(CNC(=O)c1ccc(NC(=O)c2cc3ccccc3o2)c(OCCc2ccc(O)cc2)c1)c1ccccc1. The fraction of sp³-hybridized carbons (Fsp3) is 0.152. The number of carbonyl (C=O) groups is 4. The minimum absolute atomic E-state index is 0.0250. The molecule has 0 aliphatic carbocycles. The van der Waals surface area contributed by atoms with Crippen molar-refractivity contribution in [3.63, 3.8) is 0 Å². The van der Waals surface area contributed by atoms with E-state index in [-0.39, 0.29) is 59.1 Å². The number of nitrogens with one attached hydrogen (secondary N) is 4. The Bertz CT molecular complexity index is 3700. The van der Waals surface area contributed by atoms with Gasteiger partial charge in [0.15, 0.2) is 11.5 Å². The zero-order chi connectivity index (χ0) is 56.7. The van der Waals surface area contributed by atoms with Crippen molar-refractivity contribution in [1.82, 2.24) is 10.6 Å². The number of hydrogen-bond acceptors (Lipinski definition) is 10. The average molecular weight is 1090 g/mol. The van der Waals surface area contributed by atoms with Crippen LogP contribution in [0.5, 0.6) is 23.0 Å². The number of benzene rings is 8. The number of phenolic OH excluding ortho intramolecular Hbond substituents is 2. The van der Waals surface area contributed by atoms with Gasteiger partial charge in [0.05, 0.1) is 24.6 Å². The molecule has 14 nitrogen and oxygen atoms in total. The van der Waals surface area contributed by atoms with Crippen LogP contribution in [0, 0.1) is 5.82 Å². The van der Waals surface area contributed by atoms with Crippen LogP contribution in [0.1, 0.15) is 89.8 Å². The summed E-state index contributed by atoms with van der Waals surface area (Å²) in [5, 5.41) is 32.3. The molecule has 2 heterocycles. The lowest BCUT2D eigenvalue weighted by atomic mass is 10.0. The molecule has 81 heavy (non-hydrogen) atoms. The van der Waals surface area contributed by atoms with Gasteiger partial charge in [-0.1, -0.05) is 117 Å². The van der Waals surface area contributed by atoms with Gasteiger partial charge < -0.3 is 49.8 Å². The molecule has 0 fully saturated rings. The molecule has 410 valence electrons. The van der Waals surface area contributed by atoms with E-state index in [0.29, 0.717) is 77.7 Å². The third kappa shape index (κ3) is 15.1. The van der Waals surface area contributed by atoms with Crippen molar-refractivity contribution in [3.05, 3.63) is 251 Å². The summed E-state index contributed by atoms with van der Waals surface area (Å²) in [6, 6.07) is 57.7. The number of rotatable bonds is 20. The highest BCUT2D eigenvalue weighted by molar-refractivity contribution is 6.07. The van der Waals surface area contributed by atoms with E-state index >= 15 is 0 Å². The van der Waals surface area contributed by atoms with Crippen molar-refractivity contribution >= 4 is 56.9 Å². The topological polar surface area (TPSA) is 202 Å². The molecule has 0 aliphatic heterocycles. The average Bonchev–Trinajstić information content (AvgIpc) is 4.18. The number of halogens is 1. The molecule has 0 aliphatic rings. The maximum Gasteiger partial charge on any atom is 0.291 e. The third-order valence-corrected chi connectivity index (χ3v) is 13.4. The predicted octanol–water partition coefficient (Wildman–Crippen LogP) is 13.2. The first-order valence-corrected chi connectivity index (χ1v) is 26.4. The van der Waals surface area contributed by atoms with Gasteiger partial charge in [-0.2, -0.15) is 0 Å². The highest BCUT2D eigenvalue weighted by atomic mass is 19.1. The number of phenols is 2. The number of aromatic hydroxyl groups is 2. The van der Waals surface area contributed by atoms with E-state index in [2.05, 4.69) is 28.2 Å².